The van der Waals surface area contributed by atoms with Gasteiger partial charge in [0.1, 0.15) is 5.82 Å². The Labute approximate surface area is 233 Å². The minimum Gasteiger partial charge on any atom is -0.342 e. The Kier molecular flexibility index (Phi) is 5.47. The summed E-state index contributed by atoms with van der Waals surface area (Å²) in [5.74, 6) is 2.02. The van der Waals surface area contributed by atoms with Crippen LogP contribution in [0.4, 0.5) is 5.82 Å². The van der Waals surface area contributed by atoms with E-state index >= 15 is 0 Å². The first kappa shape index (κ1) is 23.1. The maximum atomic E-state index is 5.29. The number of rotatable bonds is 3. The highest BCUT2D eigenvalue weighted by Crippen LogP contribution is 2.37. The molecular weight excluding hydrogens is 490 g/mol. The quantitative estimate of drug-likeness (QED) is 0.227. The largest absolute Gasteiger partial charge is 0.342 e. The number of hydrogen-bond donors (Lipinski definition) is 0. The van der Waals surface area contributed by atoms with E-state index in [4.69, 9.17) is 15.0 Å². The van der Waals surface area contributed by atoms with Crippen molar-refractivity contribution in [3.8, 4) is 22.4 Å². The maximum absolute atomic E-state index is 5.29. The third-order valence-electron chi connectivity index (χ3n) is 8.24. The van der Waals surface area contributed by atoms with Gasteiger partial charge in [-0.25, -0.2) is 9.97 Å². The van der Waals surface area contributed by atoms with Gasteiger partial charge in [-0.15, -0.1) is 0 Å². The Morgan fingerprint density at radius 1 is 0.525 bits per heavy atom. The molecular formula is C35H29N5. The van der Waals surface area contributed by atoms with Gasteiger partial charge >= 0.3 is 0 Å². The second-order valence-corrected chi connectivity index (χ2v) is 10.7. The predicted molar refractivity (Wildman–Crippen MR) is 166 cm³/mol. The van der Waals surface area contributed by atoms with Gasteiger partial charge in [0, 0.05) is 42.5 Å². The summed E-state index contributed by atoms with van der Waals surface area (Å²) in [5, 5.41) is 4.68. The highest BCUT2D eigenvalue weighted by Gasteiger charge is 2.27. The van der Waals surface area contributed by atoms with Crippen LogP contribution in [0.2, 0.25) is 0 Å². The van der Waals surface area contributed by atoms with E-state index in [1.165, 1.54) is 21.9 Å². The molecule has 0 spiro atoms. The summed E-state index contributed by atoms with van der Waals surface area (Å²) in [6.07, 6.45) is 2.24. The van der Waals surface area contributed by atoms with Gasteiger partial charge in [0.05, 0.1) is 16.7 Å². The summed E-state index contributed by atoms with van der Waals surface area (Å²) in [7, 11) is 0. The molecule has 1 saturated heterocycles. The summed E-state index contributed by atoms with van der Waals surface area (Å²) in [6, 6.07) is 36.6. The Hall–Kier alpha value is -4.77. The fourth-order valence-electron chi connectivity index (χ4n) is 6.30. The molecule has 0 bridgehead atoms. The lowest BCUT2D eigenvalue weighted by molar-refractivity contribution is 0.359. The number of fused-ring (bicyclic) bond motifs is 5. The second kappa shape index (κ2) is 9.45. The standard InChI is InChI=1S/C35H29N5/c1-2-10-27-24(8-1)9-5-13-28(27)29-11-3-4-12-30(29)31-18-16-25-14-15-26-17-19-32(38-34(26)33(25)37-31)40-23-7-22-39-21-6-20-36-35(39)40/h1-5,8-19H,6-7,20-23H2. The van der Waals surface area contributed by atoms with Gasteiger partial charge in [0.25, 0.3) is 0 Å². The van der Waals surface area contributed by atoms with Crippen LogP contribution in [0.25, 0.3) is 55.0 Å². The van der Waals surface area contributed by atoms with Crippen LogP contribution in [0, 0.1) is 0 Å². The summed E-state index contributed by atoms with van der Waals surface area (Å²) in [6.45, 7) is 3.98. The molecule has 5 nitrogen and oxygen atoms in total. The zero-order chi connectivity index (χ0) is 26.5. The Morgan fingerprint density at radius 3 is 2.15 bits per heavy atom. The van der Waals surface area contributed by atoms with Gasteiger partial charge in [-0.2, -0.15) is 0 Å². The first-order chi connectivity index (χ1) is 19.8. The van der Waals surface area contributed by atoms with Crippen LogP contribution in [-0.2, 0) is 0 Å². The molecule has 0 aliphatic carbocycles. The maximum Gasteiger partial charge on any atom is 0.202 e. The lowest BCUT2D eigenvalue weighted by atomic mass is 9.93. The first-order valence-corrected chi connectivity index (χ1v) is 14.2. The molecule has 2 aromatic heterocycles. The number of anilines is 1. The van der Waals surface area contributed by atoms with E-state index in [-0.39, 0.29) is 0 Å². The number of hydrogen-bond acceptors (Lipinski definition) is 5. The lowest BCUT2D eigenvalue weighted by Gasteiger charge is -2.40. The van der Waals surface area contributed by atoms with Crippen LogP contribution in [0.15, 0.2) is 108 Å². The first-order valence-electron chi connectivity index (χ1n) is 14.2. The van der Waals surface area contributed by atoms with E-state index < -0.39 is 0 Å². The van der Waals surface area contributed by atoms with Crippen molar-refractivity contribution < 1.29 is 0 Å². The highest BCUT2D eigenvalue weighted by molar-refractivity contribution is 6.06. The number of aromatic nitrogens is 2. The summed E-state index contributed by atoms with van der Waals surface area (Å²) < 4.78 is 0. The van der Waals surface area contributed by atoms with Crippen LogP contribution in [0.5, 0.6) is 0 Å². The van der Waals surface area contributed by atoms with Gasteiger partial charge in [-0.05, 0) is 52.9 Å². The molecule has 2 aliphatic heterocycles. The van der Waals surface area contributed by atoms with E-state index in [1.807, 2.05) is 0 Å². The van der Waals surface area contributed by atoms with Crippen molar-refractivity contribution in [3.63, 3.8) is 0 Å². The summed E-state index contributed by atoms with van der Waals surface area (Å²) in [5.41, 5.74) is 6.35. The monoisotopic (exact) mass is 519 g/mol. The molecule has 5 heteroatoms. The van der Waals surface area contributed by atoms with Crippen molar-refractivity contribution in [2.45, 2.75) is 12.8 Å². The van der Waals surface area contributed by atoms with Gasteiger partial charge in [0.15, 0.2) is 0 Å². The number of pyridine rings is 2. The molecule has 194 valence electrons. The van der Waals surface area contributed by atoms with E-state index in [0.29, 0.717) is 0 Å². The number of guanidine groups is 1. The number of nitrogens with zero attached hydrogens (tertiary/aromatic N) is 5. The molecule has 0 atom stereocenters. The third-order valence-corrected chi connectivity index (χ3v) is 8.24. The van der Waals surface area contributed by atoms with Gasteiger partial charge in [-0.3, -0.25) is 9.89 Å². The van der Waals surface area contributed by atoms with Crippen molar-refractivity contribution in [1.29, 1.82) is 0 Å². The average Bonchev–Trinajstić information content (AvgIpc) is 3.03. The molecule has 40 heavy (non-hydrogen) atoms. The molecule has 8 rings (SSSR count). The van der Waals surface area contributed by atoms with Crippen LogP contribution in [-0.4, -0.2) is 47.0 Å². The van der Waals surface area contributed by atoms with E-state index in [2.05, 4.69) is 113 Å². The van der Waals surface area contributed by atoms with Gasteiger partial charge < -0.3 is 4.90 Å². The van der Waals surface area contributed by atoms with Crippen molar-refractivity contribution in [1.82, 2.24) is 14.9 Å². The fraction of sp³-hybridized carbons (Fsp3) is 0.171. The van der Waals surface area contributed by atoms with Crippen LogP contribution < -0.4 is 4.90 Å². The predicted octanol–water partition coefficient (Wildman–Crippen LogP) is 7.54. The molecule has 0 saturated carbocycles. The number of benzene rings is 4. The highest BCUT2D eigenvalue weighted by atomic mass is 15.4. The smallest absolute Gasteiger partial charge is 0.202 e. The summed E-state index contributed by atoms with van der Waals surface area (Å²) >= 11 is 0. The topological polar surface area (TPSA) is 44.6 Å². The van der Waals surface area contributed by atoms with Crippen molar-refractivity contribution >= 4 is 44.4 Å². The minimum absolute atomic E-state index is 0.889. The SMILES string of the molecule is c1ccc(-c2cccc3ccccc23)c(-c2ccc3ccc4ccc(N5CCCN6CCCN=C65)nc4c3n2)c1. The van der Waals surface area contributed by atoms with Crippen molar-refractivity contribution in [2.75, 3.05) is 31.1 Å². The van der Waals surface area contributed by atoms with Crippen LogP contribution in [0.3, 0.4) is 0 Å². The van der Waals surface area contributed by atoms with Crippen LogP contribution >= 0.6 is 0 Å². The molecule has 1 fully saturated rings. The molecule has 0 unspecified atom stereocenters. The Bertz CT molecular complexity index is 1940. The Balaban J connectivity index is 1.29. The van der Waals surface area contributed by atoms with Crippen LogP contribution in [0.1, 0.15) is 12.8 Å². The fourth-order valence-corrected chi connectivity index (χ4v) is 6.30. The normalized spacial score (nSPS) is 15.4. The zero-order valence-corrected chi connectivity index (χ0v) is 22.3. The number of aliphatic imine (C=N–C) groups is 1. The van der Waals surface area contributed by atoms with E-state index in [1.54, 1.807) is 0 Å². The zero-order valence-electron chi connectivity index (χ0n) is 22.3. The van der Waals surface area contributed by atoms with Crippen molar-refractivity contribution in [3.05, 3.63) is 103 Å². The summed E-state index contributed by atoms with van der Waals surface area (Å²) in [4.78, 5) is 20.1. The molecule has 0 amide bonds. The average molecular weight is 520 g/mol. The van der Waals surface area contributed by atoms with Gasteiger partial charge in [0.2, 0.25) is 5.96 Å². The minimum atomic E-state index is 0.889. The lowest BCUT2D eigenvalue weighted by Crippen LogP contribution is -2.52. The molecule has 2 aliphatic rings. The molecule has 4 aromatic carbocycles. The Morgan fingerprint density at radius 2 is 1.23 bits per heavy atom. The molecule has 0 N–H and O–H groups in total. The van der Waals surface area contributed by atoms with E-state index in [9.17, 15) is 0 Å². The van der Waals surface area contributed by atoms with Gasteiger partial charge in [-0.1, -0.05) is 84.9 Å². The second-order valence-electron chi connectivity index (χ2n) is 10.7. The molecule has 6 aromatic rings. The molecule has 4 heterocycles. The third kappa shape index (κ3) is 3.81. The molecule has 0 radical (unpaired) electrons. The van der Waals surface area contributed by atoms with Crippen molar-refractivity contribution in [2.24, 2.45) is 4.99 Å². The van der Waals surface area contributed by atoms with E-state index in [0.717, 1.165) is 83.9 Å².